The second-order valence-electron chi connectivity index (χ2n) is 3.20. The fourth-order valence-electron chi connectivity index (χ4n) is 1.02. The largest absolute Gasteiger partial charge is 0.480 e. The quantitative estimate of drug-likeness (QED) is 0.639. The number of nitrogens with zero attached hydrogens (tertiary/aromatic N) is 1. The topological polar surface area (TPSA) is 76.5 Å². The zero-order valence-electron chi connectivity index (χ0n) is 9.54. The molecule has 0 aliphatic rings. The monoisotopic (exact) mass is 255 g/mol. The minimum atomic E-state index is -0.897. The van der Waals surface area contributed by atoms with Crippen molar-refractivity contribution in [2.75, 3.05) is 6.61 Å². The molecule has 1 aromatic rings. The number of hydrogen-bond acceptors (Lipinski definition) is 5. The van der Waals surface area contributed by atoms with Gasteiger partial charge in [-0.05, 0) is 26.0 Å². The Morgan fingerprint density at radius 3 is 2.71 bits per heavy atom. The molecule has 0 radical (unpaired) electrons. The number of carboxylic acid groups (broad SMARTS) is 1. The summed E-state index contributed by atoms with van der Waals surface area (Å²) in [5, 5.41) is 8.72. The van der Waals surface area contributed by atoms with E-state index < -0.39 is 17.2 Å². The molecule has 0 aliphatic carbocycles. The molecule has 0 fully saturated rings. The average Bonchev–Trinajstić information content (AvgIpc) is 2.30. The minimum absolute atomic E-state index is 0.311. The molecule has 1 N–H and O–H groups in total. The average molecular weight is 255 g/mol. The van der Waals surface area contributed by atoms with Crippen LogP contribution < -0.4 is 0 Å². The maximum absolute atomic E-state index is 11.3. The molecule has 6 heteroatoms. The first kappa shape index (κ1) is 13.5. The van der Waals surface area contributed by atoms with Gasteiger partial charge in [0.05, 0.1) is 17.2 Å². The van der Waals surface area contributed by atoms with Gasteiger partial charge in [-0.15, -0.1) is 0 Å². The lowest BCUT2D eigenvalue weighted by Gasteiger charge is -2.05. The van der Waals surface area contributed by atoms with Crippen LogP contribution in [-0.4, -0.2) is 33.9 Å². The predicted molar refractivity (Wildman–Crippen MR) is 63.1 cm³/mol. The molecule has 0 aliphatic heterocycles. The molecule has 1 rings (SSSR count). The molecule has 17 heavy (non-hydrogen) atoms. The number of rotatable bonds is 5. The Morgan fingerprint density at radius 1 is 1.53 bits per heavy atom. The van der Waals surface area contributed by atoms with Crippen LogP contribution in [0.25, 0.3) is 0 Å². The Kier molecular flexibility index (Phi) is 4.96. The number of carbonyl (C=O) groups is 2. The molecule has 0 bridgehead atoms. The summed E-state index contributed by atoms with van der Waals surface area (Å²) in [7, 11) is 0. The van der Waals surface area contributed by atoms with E-state index in [0.29, 0.717) is 17.2 Å². The van der Waals surface area contributed by atoms with Crippen LogP contribution in [0.2, 0.25) is 0 Å². The van der Waals surface area contributed by atoms with E-state index in [-0.39, 0.29) is 0 Å². The summed E-state index contributed by atoms with van der Waals surface area (Å²) in [6, 6.07) is 3.18. The first-order chi connectivity index (χ1) is 8.04. The third-order valence-corrected chi connectivity index (χ3v) is 2.93. The highest BCUT2D eigenvalue weighted by Crippen LogP contribution is 2.21. The smallest absolute Gasteiger partial charge is 0.339 e. The zero-order chi connectivity index (χ0) is 12.8. The standard InChI is InChI=1S/C11H13NO4S/c1-3-16-11(15)8-4-5-9(12-6-8)17-7(2)10(13)14/h4-7H,3H2,1-2H3,(H,13,14). The SMILES string of the molecule is CCOC(=O)c1ccc(SC(C)C(=O)O)nc1. The normalized spacial score (nSPS) is 11.9. The number of carboxylic acids is 1. The van der Waals surface area contributed by atoms with Crippen LogP contribution >= 0.6 is 11.8 Å². The van der Waals surface area contributed by atoms with E-state index in [9.17, 15) is 9.59 Å². The molecule has 1 unspecified atom stereocenters. The lowest BCUT2D eigenvalue weighted by atomic mass is 10.3. The highest BCUT2D eigenvalue weighted by atomic mass is 32.2. The van der Waals surface area contributed by atoms with Crippen molar-refractivity contribution in [3.8, 4) is 0 Å². The second-order valence-corrected chi connectivity index (χ2v) is 4.56. The van der Waals surface area contributed by atoms with Crippen LogP contribution in [0, 0.1) is 0 Å². The highest BCUT2D eigenvalue weighted by Gasteiger charge is 2.14. The molecule has 1 atom stereocenters. The molecule has 0 spiro atoms. The summed E-state index contributed by atoms with van der Waals surface area (Å²) in [5.74, 6) is -1.32. The van der Waals surface area contributed by atoms with Crippen molar-refractivity contribution in [1.82, 2.24) is 4.98 Å². The first-order valence-electron chi connectivity index (χ1n) is 5.07. The zero-order valence-corrected chi connectivity index (χ0v) is 10.4. The van der Waals surface area contributed by atoms with Gasteiger partial charge in [0, 0.05) is 6.20 Å². The third kappa shape index (κ3) is 4.07. The van der Waals surface area contributed by atoms with Gasteiger partial charge in [-0.3, -0.25) is 4.79 Å². The first-order valence-corrected chi connectivity index (χ1v) is 5.95. The molecule has 5 nitrogen and oxygen atoms in total. The van der Waals surface area contributed by atoms with Gasteiger partial charge in [-0.25, -0.2) is 9.78 Å². The van der Waals surface area contributed by atoms with Crippen LogP contribution in [0.5, 0.6) is 0 Å². The molecule has 1 aromatic heterocycles. The summed E-state index contributed by atoms with van der Waals surface area (Å²) in [5.41, 5.74) is 0.360. The molecule has 0 saturated carbocycles. The molecule has 92 valence electrons. The van der Waals surface area contributed by atoms with Crippen molar-refractivity contribution in [3.05, 3.63) is 23.9 Å². The highest BCUT2D eigenvalue weighted by molar-refractivity contribution is 8.00. The van der Waals surface area contributed by atoms with E-state index in [2.05, 4.69) is 4.98 Å². The fourth-order valence-corrected chi connectivity index (χ4v) is 1.74. The predicted octanol–water partition coefficient (Wildman–Crippen LogP) is 1.82. The molecular formula is C11H13NO4S. The van der Waals surface area contributed by atoms with E-state index in [1.165, 1.54) is 6.20 Å². The van der Waals surface area contributed by atoms with Gasteiger partial charge in [-0.1, -0.05) is 11.8 Å². The fraction of sp³-hybridized carbons (Fsp3) is 0.364. The van der Waals surface area contributed by atoms with E-state index in [4.69, 9.17) is 9.84 Å². The second kappa shape index (κ2) is 6.24. The Labute approximate surface area is 103 Å². The van der Waals surface area contributed by atoms with Crippen molar-refractivity contribution in [2.45, 2.75) is 24.1 Å². The maximum atomic E-state index is 11.3. The van der Waals surface area contributed by atoms with E-state index in [1.807, 2.05) is 0 Å². The van der Waals surface area contributed by atoms with Crippen molar-refractivity contribution in [3.63, 3.8) is 0 Å². The third-order valence-electron chi connectivity index (χ3n) is 1.89. The van der Waals surface area contributed by atoms with Gasteiger partial charge in [-0.2, -0.15) is 0 Å². The van der Waals surface area contributed by atoms with E-state index in [0.717, 1.165) is 11.8 Å². The summed E-state index contributed by atoms with van der Waals surface area (Å²) >= 11 is 1.12. The maximum Gasteiger partial charge on any atom is 0.339 e. The molecule has 0 aromatic carbocycles. The van der Waals surface area contributed by atoms with Crippen molar-refractivity contribution in [2.24, 2.45) is 0 Å². The number of carbonyl (C=O) groups excluding carboxylic acids is 1. The van der Waals surface area contributed by atoms with Gasteiger partial charge < -0.3 is 9.84 Å². The number of aromatic nitrogens is 1. The number of esters is 1. The van der Waals surface area contributed by atoms with Gasteiger partial charge in [0.15, 0.2) is 0 Å². The van der Waals surface area contributed by atoms with Gasteiger partial charge >= 0.3 is 11.9 Å². The van der Waals surface area contributed by atoms with Crippen LogP contribution in [0.3, 0.4) is 0 Å². The van der Waals surface area contributed by atoms with E-state index in [1.54, 1.807) is 26.0 Å². The lowest BCUT2D eigenvalue weighted by molar-refractivity contribution is -0.136. The lowest BCUT2D eigenvalue weighted by Crippen LogP contribution is -2.11. The summed E-state index contributed by atoms with van der Waals surface area (Å²) in [6.07, 6.45) is 1.38. The van der Waals surface area contributed by atoms with Gasteiger partial charge in [0.1, 0.15) is 5.25 Å². The van der Waals surface area contributed by atoms with Crippen LogP contribution in [0.15, 0.2) is 23.4 Å². The van der Waals surface area contributed by atoms with Gasteiger partial charge in [0.25, 0.3) is 0 Å². The van der Waals surface area contributed by atoms with Crippen LogP contribution in [-0.2, 0) is 9.53 Å². The summed E-state index contributed by atoms with van der Waals surface area (Å²) in [6.45, 7) is 3.61. The number of aliphatic carboxylic acids is 1. The number of hydrogen-bond donors (Lipinski definition) is 1. The molecule has 1 heterocycles. The molecule has 0 amide bonds. The Bertz CT molecular complexity index is 404. The Morgan fingerprint density at radius 2 is 2.24 bits per heavy atom. The van der Waals surface area contributed by atoms with Gasteiger partial charge in [0.2, 0.25) is 0 Å². The van der Waals surface area contributed by atoms with Crippen molar-refractivity contribution in [1.29, 1.82) is 0 Å². The Hall–Kier alpha value is -1.56. The van der Waals surface area contributed by atoms with E-state index >= 15 is 0 Å². The number of pyridine rings is 1. The summed E-state index contributed by atoms with van der Waals surface area (Å²) < 4.78 is 4.81. The number of ether oxygens (including phenoxy) is 1. The van der Waals surface area contributed by atoms with Crippen molar-refractivity contribution >= 4 is 23.7 Å². The van der Waals surface area contributed by atoms with Crippen molar-refractivity contribution < 1.29 is 19.4 Å². The summed E-state index contributed by atoms with van der Waals surface area (Å²) in [4.78, 5) is 26.0. The Balaban J connectivity index is 2.68. The van der Waals surface area contributed by atoms with Crippen LogP contribution in [0.4, 0.5) is 0 Å². The van der Waals surface area contributed by atoms with Crippen LogP contribution in [0.1, 0.15) is 24.2 Å². The molecular weight excluding hydrogens is 242 g/mol. The minimum Gasteiger partial charge on any atom is -0.480 e. The number of thioether (sulfide) groups is 1. The molecule has 0 saturated heterocycles.